The van der Waals surface area contributed by atoms with E-state index in [1.165, 1.54) is 138 Å². The zero-order valence-corrected chi connectivity index (χ0v) is 52.8. The number of hydrogen-bond donors (Lipinski definition) is 0. The van der Waals surface area contributed by atoms with Crippen LogP contribution in [-0.2, 0) is 13.1 Å². The van der Waals surface area contributed by atoms with Crippen LogP contribution < -0.4 is 10.0 Å². The molecule has 12 aromatic carbocycles. The fourth-order valence-electron chi connectivity index (χ4n) is 14.5. The van der Waals surface area contributed by atoms with Crippen molar-refractivity contribution in [2.45, 2.75) is 64.5 Å². The Kier molecular flexibility index (Phi) is 16.0. The lowest BCUT2D eigenvalue weighted by molar-refractivity contribution is 0.536. The van der Waals surface area contributed by atoms with Gasteiger partial charge >= 0.3 is 0 Å². The normalized spacial score (nSPS) is 12.3. The van der Waals surface area contributed by atoms with Gasteiger partial charge < -0.3 is 9.13 Å². The summed E-state index contributed by atoms with van der Waals surface area (Å²) in [4.78, 5) is 0. The monoisotopic (exact) mass is 1210 g/mol. The number of para-hydroxylation sites is 4. The number of fused-ring (bicyclic) bond motifs is 12. The molecule has 0 spiro atoms. The van der Waals surface area contributed by atoms with Crippen molar-refractivity contribution in [2.24, 2.45) is 10.2 Å². The van der Waals surface area contributed by atoms with Gasteiger partial charge in [-0.25, -0.2) is 10.0 Å². The molecule has 2 aromatic heterocycles. The first-order chi connectivity index (χ1) is 46.6. The van der Waals surface area contributed by atoms with Gasteiger partial charge in [0.15, 0.2) is 0 Å². The summed E-state index contributed by atoms with van der Waals surface area (Å²) in [6.07, 6.45) is 18.5. The van der Waals surface area contributed by atoms with E-state index in [-0.39, 0.29) is 0 Å². The second-order valence-corrected chi connectivity index (χ2v) is 25.0. The molecule has 0 aliphatic heterocycles. The highest BCUT2D eigenvalue weighted by atomic mass is 15.5. The van der Waals surface area contributed by atoms with Crippen LogP contribution in [0.25, 0.3) is 89.2 Å². The van der Waals surface area contributed by atoms with Crippen molar-refractivity contribution < 1.29 is 0 Å². The molecule has 2 aliphatic rings. The molecule has 0 bridgehead atoms. The van der Waals surface area contributed by atoms with Crippen molar-refractivity contribution in [3.05, 3.63) is 336 Å². The van der Waals surface area contributed by atoms with Crippen molar-refractivity contribution in [2.75, 3.05) is 10.0 Å². The molecule has 0 saturated carbocycles. The molecule has 6 heteroatoms. The second-order valence-electron chi connectivity index (χ2n) is 25.0. The number of hydrazone groups is 2. The lowest BCUT2D eigenvalue weighted by Gasteiger charge is -2.19. The third-order valence-corrected chi connectivity index (χ3v) is 19.1. The van der Waals surface area contributed by atoms with Gasteiger partial charge in [0.1, 0.15) is 0 Å². The maximum absolute atomic E-state index is 5.18. The summed E-state index contributed by atoms with van der Waals surface area (Å²) in [5.41, 5.74) is 26.4. The molecule has 0 fully saturated rings. The van der Waals surface area contributed by atoms with Gasteiger partial charge in [0.2, 0.25) is 0 Å². The molecule has 0 atom stereocenters. The molecule has 0 radical (unpaired) electrons. The predicted octanol–water partition coefficient (Wildman–Crippen LogP) is 23.2. The lowest BCUT2D eigenvalue weighted by atomic mass is 10.0. The Labute approximate surface area is 550 Å². The van der Waals surface area contributed by atoms with Crippen molar-refractivity contribution in [3.63, 3.8) is 0 Å². The van der Waals surface area contributed by atoms with Gasteiger partial charge in [-0.1, -0.05) is 245 Å². The fraction of sp³-hybridized carbons (Fsp3) is 0.114. The largest absolute Gasteiger partial charge is 0.340 e. The standard InChI is InChI=1S/C88H72N6/c1(3-5-25-55-91-85-41-23-21-39-79(85)83-59-65(47-53-87(83)91)61-89-93(67-27-9-7-10-28-67)69-49-43-63(44-50-69)57-81-75-35-17-13-31-71(75)72-32-14-18-36-76(72)81)2-4-6-26-56-92-86-42-24-22-40-80(86)84-60-66(48-54-88(84)92)62-90-94(68-29-11-8-12-30-68)70-51-45-64(46-52-70)58-82-77-37-19-15-33-73(77)74-34-16-20-38-78(74)82/h7-24,27-54,57-62H,1-6,25-26,55-56H2/b89-61+,90-62+. The molecule has 0 saturated heterocycles. The van der Waals surface area contributed by atoms with Gasteiger partial charge in [-0.3, -0.25) is 0 Å². The molecule has 2 heterocycles. The smallest absolute Gasteiger partial charge is 0.0653 e. The first-order valence-corrected chi connectivity index (χ1v) is 33.5. The quantitative estimate of drug-likeness (QED) is 0.0409. The Morgan fingerprint density at radius 2 is 0.532 bits per heavy atom. The first-order valence-electron chi connectivity index (χ1n) is 33.5. The summed E-state index contributed by atoms with van der Waals surface area (Å²) in [5.74, 6) is 0. The fourth-order valence-corrected chi connectivity index (χ4v) is 14.5. The van der Waals surface area contributed by atoms with Gasteiger partial charge in [0, 0.05) is 56.7 Å². The van der Waals surface area contributed by atoms with Crippen molar-refractivity contribution in [1.29, 1.82) is 0 Å². The third-order valence-electron chi connectivity index (χ3n) is 19.1. The molecule has 0 N–H and O–H groups in total. The van der Waals surface area contributed by atoms with Gasteiger partial charge in [-0.05, 0) is 188 Å². The number of hydrogen-bond acceptors (Lipinski definition) is 4. The van der Waals surface area contributed by atoms with Crippen LogP contribution in [-0.4, -0.2) is 21.6 Å². The van der Waals surface area contributed by atoms with E-state index < -0.39 is 0 Å². The molecule has 94 heavy (non-hydrogen) atoms. The van der Waals surface area contributed by atoms with Gasteiger partial charge in [0.25, 0.3) is 0 Å². The molecule has 454 valence electrons. The Morgan fingerprint density at radius 3 is 0.904 bits per heavy atom. The zero-order valence-electron chi connectivity index (χ0n) is 52.8. The van der Waals surface area contributed by atoms with E-state index in [9.17, 15) is 0 Å². The summed E-state index contributed by atoms with van der Waals surface area (Å²) in [5, 5.41) is 19.6. The maximum Gasteiger partial charge on any atom is 0.0653 e. The van der Waals surface area contributed by atoms with Crippen LogP contribution in [0, 0.1) is 0 Å². The van der Waals surface area contributed by atoms with Gasteiger partial charge in [-0.2, -0.15) is 10.2 Å². The number of benzene rings is 12. The molecule has 0 unspecified atom stereocenters. The average molecular weight is 1210 g/mol. The van der Waals surface area contributed by atoms with Crippen LogP contribution in [0.5, 0.6) is 0 Å². The van der Waals surface area contributed by atoms with Crippen LogP contribution in [0.1, 0.15) is 95.9 Å². The number of nitrogens with zero attached hydrogens (tertiary/aromatic N) is 6. The van der Waals surface area contributed by atoms with Crippen molar-refractivity contribution in [3.8, 4) is 22.3 Å². The minimum atomic E-state index is 1.00. The van der Waals surface area contributed by atoms with E-state index in [1.54, 1.807) is 0 Å². The molecule has 0 amide bonds. The maximum atomic E-state index is 5.18. The Bertz CT molecular complexity index is 4780. The topological polar surface area (TPSA) is 41.1 Å². The van der Waals surface area contributed by atoms with Crippen LogP contribution in [0.4, 0.5) is 22.7 Å². The highest BCUT2D eigenvalue weighted by molar-refractivity contribution is 6.12. The summed E-state index contributed by atoms with van der Waals surface area (Å²) < 4.78 is 5.08. The molecule has 6 nitrogen and oxygen atoms in total. The number of aromatic nitrogens is 2. The third kappa shape index (κ3) is 11.4. The molecular weight excluding hydrogens is 1140 g/mol. The van der Waals surface area contributed by atoms with E-state index in [1.807, 2.05) is 22.4 Å². The van der Waals surface area contributed by atoms with Crippen LogP contribution in [0.2, 0.25) is 0 Å². The first kappa shape index (κ1) is 57.8. The lowest BCUT2D eigenvalue weighted by Crippen LogP contribution is -2.09. The number of anilines is 4. The number of aryl methyl sites for hydroxylation is 2. The highest BCUT2D eigenvalue weighted by Crippen LogP contribution is 2.47. The summed E-state index contributed by atoms with van der Waals surface area (Å²) in [6.45, 7) is 2.01. The minimum absolute atomic E-state index is 1.00. The highest BCUT2D eigenvalue weighted by Gasteiger charge is 2.24. The molecule has 14 aromatic rings. The SMILES string of the molecule is C(=C1c2ccccc2-c2ccccc21)c1ccc(N(/N=C/c2ccc3c(c2)c2ccccc2n3CCCCCCCCCCn2c3ccccc3c3cc(/C=N/N(c4ccccc4)c4ccc(C=C5c6ccccc6-c6ccccc65)cc4)ccc32)c2ccccc2)cc1. The molecule has 2 aliphatic carbocycles. The number of unbranched alkanes of at least 4 members (excludes halogenated alkanes) is 7. The van der Waals surface area contributed by atoms with Crippen LogP contribution >= 0.6 is 0 Å². The summed E-state index contributed by atoms with van der Waals surface area (Å²) in [6, 6.07) is 105. The van der Waals surface area contributed by atoms with E-state index in [0.29, 0.717) is 0 Å². The van der Waals surface area contributed by atoms with E-state index in [0.717, 1.165) is 70.9 Å². The predicted molar refractivity (Wildman–Crippen MR) is 399 cm³/mol. The summed E-state index contributed by atoms with van der Waals surface area (Å²) in [7, 11) is 0. The van der Waals surface area contributed by atoms with Crippen LogP contribution in [0.3, 0.4) is 0 Å². The number of rotatable bonds is 21. The molecule has 16 rings (SSSR count). The van der Waals surface area contributed by atoms with Crippen LogP contribution in [0.15, 0.2) is 301 Å². The van der Waals surface area contributed by atoms with Crippen molar-refractivity contribution in [1.82, 2.24) is 9.13 Å². The molecular formula is C88H72N6. The van der Waals surface area contributed by atoms with Gasteiger partial charge in [-0.15, -0.1) is 0 Å². The van der Waals surface area contributed by atoms with E-state index >= 15 is 0 Å². The van der Waals surface area contributed by atoms with E-state index in [4.69, 9.17) is 10.2 Å². The van der Waals surface area contributed by atoms with Gasteiger partial charge in [0.05, 0.1) is 35.2 Å². The van der Waals surface area contributed by atoms with Crippen molar-refractivity contribution >= 4 is 102 Å². The zero-order chi connectivity index (χ0) is 62.6. The second kappa shape index (κ2) is 26.1. The summed E-state index contributed by atoms with van der Waals surface area (Å²) >= 11 is 0. The van der Waals surface area contributed by atoms with E-state index in [2.05, 4.69) is 312 Å². The Balaban J connectivity index is 0.535. The average Bonchev–Trinajstić information content (AvgIpc) is 1.64. The Morgan fingerprint density at radius 1 is 0.245 bits per heavy atom. The Hall–Kier alpha value is -11.3. The minimum Gasteiger partial charge on any atom is -0.340 e.